The van der Waals surface area contributed by atoms with Gasteiger partial charge in [0.1, 0.15) is 0 Å². The summed E-state index contributed by atoms with van der Waals surface area (Å²) >= 11 is 15.7. The van der Waals surface area contributed by atoms with Crippen LogP contribution in [-0.4, -0.2) is 6.79 Å². The minimum atomic E-state index is 0.231. The first kappa shape index (κ1) is 13.9. The van der Waals surface area contributed by atoms with Crippen molar-refractivity contribution in [3.63, 3.8) is 0 Å². The van der Waals surface area contributed by atoms with Gasteiger partial charge in [-0.25, -0.2) is 0 Å². The van der Waals surface area contributed by atoms with Crippen molar-refractivity contribution < 1.29 is 9.47 Å². The molecule has 2 aromatic carbocycles. The molecule has 0 saturated carbocycles. The Bertz CT molecular complexity index is 664. The lowest BCUT2D eigenvalue weighted by molar-refractivity contribution is 0.174. The van der Waals surface area contributed by atoms with Crippen LogP contribution in [0.5, 0.6) is 11.5 Å². The van der Waals surface area contributed by atoms with Crippen molar-refractivity contribution in [2.45, 2.75) is 6.54 Å². The lowest BCUT2D eigenvalue weighted by Gasteiger charge is -2.11. The Balaban J connectivity index is 1.80. The molecular weight excluding hydrogens is 365 g/mol. The van der Waals surface area contributed by atoms with Crippen LogP contribution in [0, 0.1) is 0 Å². The van der Waals surface area contributed by atoms with E-state index in [1.54, 1.807) is 6.07 Å². The smallest absolute Gasteiger partial charge is 0.231 e. The highest BCUT2D eigenvalue weighted by atomic mass is 79.9. The normalized spacial score (nSPS) is 12.6. The largest absolute Gasteiger partial charge is 0.454 e. The van der Waals surface area contributed by atoms with E-state index in [9.17, 15) is 0 Å². The molecule has 0 bridgehead atoms. The van der Waals surface area contributed by atoms with Crippen LogP contribution in [0.2, 0.25) is 10.0 Å². The summed E-state index contributed by atoms with van der Waals surface area (Å²) in [7, 11) is 0. The van der Waals surface area contributed by atoms with E-state index in [1.165, 1.54) is 0 Å². The minimum absolute atomic E-state index is 0.231. The van der Waals surface area contributed by atoms with Crippen LogP contribution in [0.1, 0.15) is 5.56 Å². The Hall–Kier alpha value is -1.10. The summed E-state index contributed by atoms with van der Waals surface area (Å²) in [5.41, 5.74) is 1.84. The Morgan fingerprint density at radius 2 is 1.85 bits per heavy atom. The molecule has 1 heterocycles. The molecule has 1 aliphatic rings. The molecule has 3 nitrogen and oxygen atoms in total. The van der Waals surface area contributed by atoms with Gasteiger partial charge in [-0.3, -0.25) is 0 Å². The summed E-state index contributed by atoms with van der Waals surface area (Å²) in [6.07, 6.45) is 0. The highest BCUT2D eigenvalue weighted by molar-refractivity contribution is 9.10. The maximum atomic E-state index is 6.21. The molecule has 3 rings (SSSR count). The highest BCUT2D eigenvalue weighted by Crippen LogP contribution is 2.39. The molecule has 20 heavy (non-hydrogen) atoms. The monoisotopic (exact) mass is 373 g/mol. The van der Waals surface area contributed by atoms with Crippen LogP contribution in [0.15, 0.2) is 34.8 Å². The number of hydrogen-bond donors (Lipinski definition) is 1. The Kier molecular flexibility index (Phi) is 3.96. The zero-order chi connectivity index (χ0) is 14.1. The average Bonchev–Trinajstić information content (AvgIpc) is 2.86. The van der Waals surface area contributed by atoms with E-state index < -0.39 is 0 Å². The second-order valence-electron chi connectivity index (χ2n) is 4.27. The number of ether oxygens (including phenoxy) is 2. The van der Waals surface area contributed by atoms with Crippen molar-refractivity contribution in [3.05, 3.63) is 50.4 Å². The third-order valence-corrected chi connectivity index (χ3v) is 4.26. The summed E-state index contributed by atoms with van der Waals surface area (Å²) in [4.78, 5) is 0. The predicted molar refractivity (Wildman–Crippen MR) is 84.1 cm³/mol. The molecule has 0 radical (unpaired) electrons. The standard InChI is InChI=1S/C14H10BrCl2NO2/c15-10-2-1-9(16)3-8(10)6-18-12-5-14-13(4-11(12)17)19-7-20-14/h1-5,18H,6-7H2. The number of anilines is 1. The summed E-state index contributed by atoms with van der Waals surface area (Å²) in [5, 5.41) is 4.56. The highest BCUT2D eigenvalue weighted by Gasteiger charge is 2.16. The fourth-order valence-corrected chi connectivity index (χ4v) is 2.72. The Morgan fingerprint density at radius 3 is 2.65 bits per heavy atom. The zero-order valence-electron chi connectivity index (χ0n) is 10.3. The molecule has 6 heteroatoms. The van der Waals surface area contributed by atoms with E-state index in [-0.39, 0.29) is 6.79 Å². The SMILES string of the molecule is Clc1ccc(Br)c(CNc2cc3c(cc2Cl)OCO3)c1. The molecule has 0 spiro atoms. The molecule has 1 N–H and O–H groups in total. The van der Waals surface area contributed by atoms with Crippen LogP contribution >= 0.6 is 39.1 Å². The van der Waals surface area contributed by atoms with Gasteiger partial charge in [0.15, 0.2) is 11.5 Å². The summed E-state index contributed by atoms with van der Waals surface area (Å²) in [5.74, 6) is 1.37. The van der Waals surface area contributed by atoms with Gasteiger partial charge in [0.25, 0.3) is 0 Å². The maximum Gasteiger partial charge on any atom is 0.231 e. The van der Waals surface area contributed by atoms with E-state index in [2.05, 4.69) is 21.2 Å². The van der Waals surface area contributed by atoms with Gasteiger partial charge in [-0.2, -0.15) is 0 Å². The molecular formula is C14H10BrCl2NO2. The van der Waals surface area contributed by atoms with E-state index in [0.29, 0.717) is 28.1 Å². The molecule has 0 aliphatic carbocycles. The van der Waals surface area contributed by atoms with Gasteiger partial charge >= 0.3 is 0 Å². The second kappa shape index (κ2) is 5.72. The number of nitrogens with one attached hydrogen (secondary N) is 1. The van der Waals surface area contributed by atoms with E-state index in [4.69, 9.17) is 32.7 Å². The first-order chi connectivity index (χ1) is 9.63. The van der Waals surface area contributed by atoms with Crippen LogP contribution in [0.25, 0.3) is 0 Å². The lowest BCUT2D eigenvalue weighted by Crippen LogP contribution is -2.01. The molecule has 0 unspecified atom stereocenters. The van der Waals surface area contributed by atoms with Gasteiger partial charge in [-0.05, 0) is 23.8 Å². The van der Waals surface area contributed by atoms with Crippen molar-refractivity contribution in [1.29, 1.82) is 0 Å². The topological polar surface area (TPSA) is 30.5 Å². The molecule has 0 amide bonds. The number of hydrogen-bond acceptors (Lipinski definition) is 3. The van der Waals surface area contributed by atoms with Crippen molar-refractivity contribution >= 4 is 44.8 Å². The van der Waals surface area contributed by atoms with Crippen molar-refractivity contribution in [2.24, 2.45) is 0 Å². The predicted octanol–water partition coefficient (Wildman–Crippen LogP) is 5.10. The molecule has 0 aromatic heterocycles. The second-order valence-corrected chi connectivity index (χ2v) is 5.97. The summed E-state index contributed by atoms with van der Waals surface area (Å²) in [6, 6.07) is 9.24. The van der Waals surface area contributed by atoms with Gasteiger partial charge in [0, 0.05) is 28.2 Å². The van der Waals surface area contributed by atoms with E-state index in [1.807, 2.05) is 24.3 Å². The Morgan fingerprint density at radius 1 is 1.10 bits per heavy atom. The summed E-state index contributed by atoms with van der Waals surface area (Å²) < 4.78 is 11.6. The van der Waals surface area contributed by atoms with Crippen LogP contribution in [0.3, 0.4) is 0 Å². The molecule has 104 valence electrons. The van der Waals surface area contributed by atoms with Gasteiger partial charge in [0.2, 0.25) is 6.79 Å². The molecule has 2 aromatic rings. The third kappa shape index (κ3) is 2.82. The van der Waals surface area contributed by atoms with Crippen molar-refractivity contribution in [2.75, 3.05) is 12.1 Å². The van der Waals surface area contributed by atoms with Gasteiger partial charge in [-0.1, -0.05) is 39.1 Å². The van der Waals surface area contributed by atoms with Gasteiger partial charge in [-0.15, -0.1) is 0 Å². The lowest BCUT2D eigenvalue weighted by atomic mass is 10.2. The van der Waals surface area contributed by atoms with Crippen LogP contribution in [-0.2, 0) is 6.54 Å². The van der Waals surface area contributed by atoms with Crippen molar-refractivity contribution in [1.82, 2.24) is 0 Å². The first-order valence-corrected chi connectivity index (χ1v) is 7.45. The molecule has 0 fully saturated rings. The molecule has 1 aliphatic heterocycles. The maximum absolute atomic E-state index is 6.21. The van der Waals surface area contributed by atoms with Crippen molar-refractivity contribution in [3.8, 4) is 11.5 Å². The zero-order valence-corrected chi connectivity index (χ0v) is 13.3. The number of fused-ring (bicyclic) bond motifs is 1. The number of halogens is 3. The average molecular weight is 375 g/mol. The number of benzene rings is 2. The first-order valence-electron chi connectivity index (χ1n) is 5.90. The molecule has 0 saturated heterocycles. The van der Waals surface area contributed by atoms with Crippen LogP contribution in [0.4, 0.5) is 5.69 Å². The fraction of sp³-hybridized carbons (Fsp3) is 0.143. The Labute approximate surface area is 134 Å². The van der Waals surface area contributed by atoms with Gasteiger partial charge < -0.3 is 14.8 Å². The van der Waals surface area contributed by atoms with E-state index in [0.717, 1.165) is 15.7 Å². The third-order valence-electron chi connectivity index (χ3n) is 2.94. The summed E-state index contributed by atoms with van der Waals surface area (Å²) in [6.45, 7) is 0.829. The van der Waals surface area contributed by atoms with Crippen LogP contribution < -0.4 is 14.8 Å². The number of rotatable bonds is 3. The van der Waals surface area contributed by atoms with E-state index >= 15 is 0 Å². The molecule has 0 atom stereocenters. The van der Waals surface area contributed by atoms with Gasteiger partial charge in [0.05, 0.1) is 10.7 Å². The quantitative estimate of drug-likeness (QED) is 0.810. The minimum Gasteiger partial charge on any atom is -0.454 e. The fourth-order valence-electron chi connectivity index (χ4n) is 1.92.